The highest BCUT2D eigenvalue weighted by atomic mass is 35.5. The zero-order valence-electron chi connectivity index (χ0n) is 20.8. The van der Waals surface area contributed by atoms with Crippen molar-refractivity contribution in [2.75, 3.05) is 18.1 Å². The summed E-state index contributed by atoms with van der Waals surface area (Å²) in [4.78, 5) is 39.0. The van der Waals surface area contributed by atoms with E-state index in [1.54, 1.807) is 19.1 Å². The molecule has 1 N–H and O–H groups in total. The van der Waals surface area contributed by atoms with E-state index in [0.29, 0.717) is 22.9 Å². The van der Waals surface area contributed by atoms with E-state index in [9.17, 15) is 22.8 Å². The van der Waals surface area contributed by atoms with Gasteiger partial charge >= 0.3 is 16.1 Å². The molecule has 3 aromatic rings. The van der Waals surface area contributed by atoms with Crippen molar-refractivity contribution in [1.29, 1.82) is 0 Å². The molecule has 0 atom stereocenters. The summed E-state index contributed by atoms with van der Waals surface area (Å²) in [6.07, 6.45) is 1.27. The van der Waals surface area contributed by atoms with Crippen molar-refractivity contribution in [3.05, 3.63) is 82.9 Å². The smallest absolute Gasteiger partial charge is 0.339 e. The zero-order chi connectivity index (χ0) is 28.2. The van der Waals surface area contributed by atoms with Crippen LogP contribution in [0, 0.1) is 0 Å². The molecule has 0 unspecified atom stereocenters. The molecular formula is C27H23ClN2O8S. The maximum absolute atomic E-state index is 13.2. The van der Waals surface area contributed by atoms with Crippen LogP contribution in [0.5, 0.6) is 17.2 Å². The van der Waals surface area contributed by atoms with Crippen LogP contribution in [0.25, 0.3) is 6.08 Å². The quantitative estimate of drug-likeness (QED) is 0.225. The summed E-state index contributed by atoms with van der Waals surface area (Å²) in [5, 5.41) is 2.52. The number of amides is 4. The molecule has 12 heteroatoms. The summed E-state index contributed by atoms with van der Waals surface area (Å²) in [7, 11) is -4.20. The summed E-state index contributed by atoms with van der Waals surface area (Å²) in [5.41, 5.74) is 0.257. The first-order valence-corrected chi connectivity index (χ1v) is 13.5. The average Bonchev–Trinajstić information content (AvgIpc) is 2.89. The van der Waals surface area contributed by atoms with E-state index < -0.39 is 28.0 Å². The van der Waals surface area contributed by atoms with Crippen LogP contribution in [-0.4, -0.2) is 39.5 Å². The Morgan fingerprint density at radius 2 is 1.54 bits per heavy atom. The second-order valence-electron chi connectivity index (χ2n) is 8.02. The highest BCUT2D eigenvalue weighted by Gasteiger charge is 2.37. The lowest BCUT2D eigenvalue weighted by Gasteiger charge is -2.26. The van der Waals surface area contributed by atoms with E-state index in [2.05, 4.69) is 5.32 Å². The van der Waals surface area contributed by atoms with Gasteiger partial charge in [0.05, 0.1) is 18.9 Å². The largest absolute Gasteiger partial charge is 0.494 e. The fraction of sp³-hybridized carbons (Fsp3) is 0.148. The molecule has 0 aliphatic carbocycles. The normalized spacial score (nSPS) is 14.8. The molecule has 0 aromatic heterocycles. The summed E-state index contributed by atoms with van der Waals surface area (Å²) in [5.74, 6) is -1.19. The van der Waals surface area contributed by atoms with E-state index in [1.807, 2.05) is 6.92 Å². The summed E-state index contributed by atoms with van der Waals surface area (Å²) in [6, 6.07) is 15.0. The van der Waals surface area contributed by atoms with Crippen LogP contribution in [-0.2, 0) is 19.7 Å². The van der Waals surface area contributed by atoms with Crippen molar-refractivity contribution < 1.29 is 36.5 Å². The third kappa shape index (κ3) is 6.21. The highest BCUT2D eigenvalue weighted by Crippen LogP contribution is 2.33. The number of ether oxygens (including phenoxy) is 2. The van der Waals surface area contributed by atoms with Crippen LogP contribution >= 0.6 is 11.6 Å². The molecule has 0 saturated carbocycles. The maximum atomic E-state index is 13.2. The fourth-order valence-electron chi connectivity index (χ4n) is 3.64. The summed E-state index contributed by atoms with van der Waals surface area (Å²) in [6.45, 7) is 4.15. The molecule has 1 heterocycles. The standard InChI is InChI=1S/C27H23ClN2O8S/c1-3-36-20-10-8-19(9-11-20)30-26(32)22(25(31)29-27(30)33)15-17-5-14-23(24(16-17)37-4-2)38-39(34,35)21-12-6-18(28)7-13-21/h5-16H,3-4H2,1-2H3,(H,29,31,33)/b22-15+. The first kappa shape index (κ1) is 27.7. The molecule has 0 spiro atoms. The maximum Gasteiger partial charge on any atom is 0.339 e. The lowest BCUT2D eigenvalue weighted by atomic mass is 10.1. The van der Waals surface area contributed by atoms with Crippen LogP contribution in [0.4, 0.5) is 10.5 Å². The Morgan fingerprint density at radius 3 is 2.18 bits per heavy atom. The van der Waals surface area contributed by atoms with Gasteiger partial charge in [-0.05, 0) is 86.2 Å². The number of benzene rings is 3. The lowest BCUT2D eigenvalue weighted by Crippen LogP contribution is -2.54. The number of carbonyl (C=O) groups is 3. The molecule has 1 saturated heterocycles. The number of urea groups is 1. The monoisotopic (exact) mass is 570 g/mol. The number of nitrogens with one attached hydrogen (secondary N) is 1. The van der Waals surface area contributed by atoms with Crippen molar-refractivity contribution >= 4 is 51.3 Å². The van der Waals surface area contributed by atoms with E-state index in [4.69, 9.17) is 25.3 Å². The number of hydrogen-bond acceptors (Lipinski definition) is 8. The van der Waals surface area contributed by atoms with Crippen LogP contribution in [0.2, 0.25) is 5.02 Å². The third-order valence-electron chi connectivity index (χ3n) is 5.39. The van der Waals surface area contributed by atoms with Crippen molar-refractivity contribution in [3.63, 3.8) is 0 Å². The Bertz CT molecular complexity index is 1550. The van der Waals surface area contributed by atoms with Crippen LogP contribution < -0.4 is 23.9 Å². The van der Waals surface area contributed by atoms with Crippen LogP contribution in [0.3, 0.4) is 0 Å². The van der Waals surface area contributed by atoms with Gasteiger partial charge in [-0.3, -0.25) is 14.9 Å². The van der Waals surface area contributed by atoms with Crippen molar-refractivity contribution in [2.24, 2.45) is 0 Å². The molecule has 1 aliphatic rings. The molecule has 10 nitrogen and oxygen atoms in total. The zero-order valence-corrected chi connectivity index (χ0v) is 22.4. The fourth-order valence-corrected chi connectivity index (χ4v) is 4.70. The molecular weight excluding hydrogens is 548 g/mol. The number of halogens is 1. The number of rotatable bonds is 9. The predicted octanol–water partition coefficient (Wildman–Crippen LogP) is 4.57. The highest BCUT2D eigenvalue weighted by molar-refractivity contribution is 7.87. The average molecular weight is 571 g/mol. The van der Waals surface area contributed by atoms with E-state index in [0.717, 1.165) is 4.90 Å². The van der Waals surface area contributed by atoms with Gasteiger partial charge in [-0.25, -0.2) is 9.69 Å². The van der Waals surface area contributed by atoms with Crippen molar-refractivity contribution in [1.82, 2.24) is 5.32 Å². The summed E-state index contributed by atoms with van der Waals surface area (Å²) >= 11 is 5.84. The number of imide groups is 2. The third-order valence-corrected chi connectivity index (χ3v) is 6.89. The molecule has 0 radical (unpaired) electrons. The SMILES string of the molecule is CCOc1ccc(N2C(=O)NC(=O)/C(=C\c3ccc(OS(=O)(=O)c4ccc(Cl)cc4)c(OCC)c3)C2=O)cc1. The van der Waals surface area contributed by atoms with Gasteiger partial charge in [0.2, 0.25) is 0 Å². The minimum Gasteiger partial charge on any atom is -0.494 e. The van der Waals surface area contributed by atoms with Crippen molar-refractivity contribution in [3.8, 4) is 17.2 Å². The molecule has 4 rings (SSSR count). The van der Waals surface area contributed by atoms with E-state index >= 15 is 0 Å². The van der Waals surface area contributed by atoms with Gasteiger partial charge in [0.25, 0.3) is 11.8 Å². The lowest BCUT2D eigenvalue weighted by molar-refractivity contribution is -0.122. The second-order valence-corrected chi connectivity index (χ2v) is 10.00. The van der Waals surface area contributed by atoms with Crippen molar-refractivity contribution in [2.45, 2.75) is 18.7 Å². The van der Waals surface area contributed by atoms with E-state index in [1.165, 1.54) is 60.7 Å². The number of anilines is 1. The molecule has 0 bridgehead atoms. The van der Waals surface area contributed by atoms with E-state index in [-0.39, 0.29) is 34.3 Å². The van der Waals surface area contributed by atoms with Gasteiger partial charge in [-0.2, -0.15) is 8.42 Å². The Balaban J connectivity index is 1.64. The Hall–Kier alpha value is -4.35. The van der Waals surface area contributed by atoms with Gasteiger partial charge in [0, 0.05) is 5.02 Å². The van der Waals surface area contributed by atoms with Gasteiger partial charge in [-0.15, -0.1) is 0 Å². The van der Waals surface area contributed by atoms with Gasteiger partial charge in [-0.1, -0.05) is 17.7 Å². The Labute approximate surface area is 229 Å². The molecule has 3 aromatic carbocycles. The van der Waals surface area contributed by atoms with Gasteiger partial charge < -0.3 is 13.7 Å². The van der Waals surface area contributed by atoms with Crippen LogP contribution in [0.15, 0.2) is 77.2 Å². The van der Waals surface area contributed by atoms with Gasteiger partial charge in [0.1, 0.15) is 16.2 Å². The first-order chi connectivity index (χ1) is 18.6. The van der Waals surface area contributed by atoms with Gasteiger partial charge in [0.15, 0.2) is 11.5 Å². The first-order valence-electron chi connectivity index (χ1n) is 11.7. The second kappa shape index (κ2) is 11.6. The Morgan fingerprint density at radius 1 is 0.872 bits per heavy atom. The summed E-state index contributed by atoms with van der Waals surface area (Å²) < 4.78 is 41.7. The topological polar surface area (TPSA) is 128 Å². The number of hydrogen-bond donors (Lipinski definition) is 1. The molecule has 39 heavy (non-hydrogen) atoms. The number of barbiturate groups is 1. The predicted molar refractivity (Wildman–Crippen MR) is 143 cm³/mol. The van der Waals surface area contributed by atoms with Crippen LogP contribution in [0.1, 0.15) is 19.4 Å². The Kier molecular flexibility index (Phi) is 8.22. The minimum atomic E-state index is -4.20. The number of nitrogens with zero attached hydrogens (tertiary/aromatic N) is 1. The molecule has 1 fully saturated rings. The number of carbonyl (C=O) groups excluding carboxylic acids is 3. The minimum absolute atomic E-state index is 0.0625. The molecule has 4 amide bonds. The molecule has 202 valence electrons. The molecule has 1 aliphatic heterocycles.